The number of aliphatic hydroxyl groups excluding tert-OH is 1. The van der Waals surface area contributed by atoms with Crippen molar-refractivity contribution >= 4 is 17.3 Å². The van der Waals surface area contributed by atoms with Crippen LogP contribution in [0.5, 0.6) is 5.75 Å². The van der Waals surface area contributed by atoms with Gasteiger partial charge in [-0.15, -0.1) is 0 Å². The van der Waals surface area contributed by atoms with E-state index in [2.05, 4.69) is 5.32 Å². The number of ketones is 2. The monoisotopic (exact) mass is 351 g/mol. The molecule has 0 aromatic heterocycles. The van der Waals surface area contributed by atoms with E-state index < -0.39 is 17.6 Å². The highest BCUT2D eigenvalue weighted by atomic mass is 16.3. The van der Waals surface area contributed by atoms with Gasteiger partial charge in [0.25, 0.3) is 0 Å². The van der Waals surface area contributed by atoms with E-state index in [1.54, 1.807) is 36.4 Å². The third-order valence-electron chi connectivity index (χ3n) is 4.55. The predicted molar refractivity (Wildman–Crippen MR) is 99.1 cm³/mol. The van der Waals surface area contributed by atoms with Gasteiger partial charge in [-0.1, -0.05) is 55.8 Å². The number of rotatable bonds is 6. The van der Waals surface area contributed by atoms with Crippen molar-refractivity contribution in [3.63, 3.8) is 0 Å². The maximum Gasteiger partial charge on any atom is 0.235 e. The number of carbonyl (C=O) groups is 2. The summed E-state index contributed by atoms with van der Waals surface area (Å²) in [6, 6.07) is 12.3. The van der Waals surface area contributed by atoms with Gasteiger partial charge in [-0.25, -0.2) is 0 Å². The molecule has 5 nitrogen and oxygen atoms in total. The lowest BCUT2D eigenvalue weighted by molar-refractivity contribution is -0.112. The summed E-state index contributed by atoms with van der Waals surface area (Å²) in [5, 5.41) is 24.2. The SMILES string of the molecule is CCCCNC(C1=C(O)c2ccccc2C(=O)C1=O)c1ccccc1O. The van der Waals surface area contributed by atoms with Gasteiger partial charge >= 0.3 is 0 Å². The van der Waals surface area contributed by atoms with Crippen LogP contribution in [0.1, 0.15) is 47.3 Å². The molecule has 26 heavy (non-hydrogen) atoms. The third kappa shape index (κ3) is 3.13. The first-order valence-corrected chi connectivity index (χ1v) is 8.69. The molecule has 0 saturated carbocycles. The summed E-state index contributed by atoms with van der Waals surface area (Å²) < 4.78 is 0. The Bertz CT molecular complexity index is 885. The van der Waals surface area contributed by atoms with Gasteiger partial charge in [0, 0.05) is 16.7 Å². The largest absolute Gasteiger partial charge is 0.508 e. The highest BCUT2D eigenvalue weighted by Gasteiger charge is 2.37. The molecule has 1 aliphatic rings. The minimum absolute atomic E-state index is 0.000839. The van der Waals surface area contributed by atoms with Crippen LogP contribution in [0, 0.1) is 0 Å². The molecule has 1 aliphatic carbocycles. The third-order valence-corrected chi connectivity index (χ3v) is 4.55. The van der Waals surface area contributed by atoms with Crippen LogP contribution in [0.4, 0.5) is 0 Å². The zero-order chi connectivity index (χ0) is 18.7. The molecule has 0 bridgehead atoms. The van der Waals surface area contributed by atoms with Gasteiger partial charge in [0.15, 0.2) is 0 Å². The zero-order valence-corrected chi connectivity index (χ0v) is 14.5. The molecule has 0 saturated heterocycles. The molecule has 134 valence electrons. The van der Waals surface area contributed by atoms with Crippen molar-refractivity contribution in [2.45, 2.75) is 25.8 Å². The number of unbranched alkanes of at least 4 members (excludes halogenated alkanes) is 1. The molecule has 3 N–H and O–H groups in total. The number of fused-ring (bicyclic) bond motifs is 1. The fraction of sp³-hybridized carbons (Fsp3) is 0.238. The van der Waals surface area contributed by atoms with E-state index in [1.807, 2.05) is 6.92 Å². The van der Waals surface area contributed by atoms with E-state index in [0.29, 0.717) is 17.7 Å². The van der Waals surface area contributed by atoms with Crippen molar-refractivity contribution in [1.82, 2.24) is 5.32 Å². The second-order valence-corrected chi connectivity index (χ2v) is 6.27. The highest BCUT2D eigenvalue weighted by Crippen LogP contribution is 2.37. The van der Waals surface area contributed by atoms with Crippen molar-refractivity contribution in [1.29, 1.82) is 0 Å². The van der Waals surface area contributed by atoms with Gasteiger partial charge in [0.2, 0.25) is 11.6 Å². The molecule has 0 amide bonds. The minimum atomic E-state index is -0.771. The Kier molecular flexibility index (Phi) is 5.19. The van der Waals surface area contributed by atoms with Crippen molar-refractivity contribution in [3.05, 3.63) is 70.8 Å². The molecule has 5 heteroatoms. The smallest absolute Gasteiger partial charge is 0.235 e. The lowest BCUT2D eigenvalue weighted by atomic mass is 9.83. The van der Waals surface area contributed by atoms with Gasteiger partial charge in [-0.05, 0) is 19.0 Å². The standard InChI is InChI=1S/C21H21NO4/c1-2-3-12-22-18(15-10-6-7-11-16(15)23)17-19(24)13-8-4-5-9-14(13)20(25)21(17)26/h4-11,18,22-24H,2-3,12H2,1H3. The van der Waals surface area contributed by atoms with Crippen LogP contribution in [0.3, 0.4) is 0 Å². The van der Waals surface area contributed by atoms with Crippen molar-refractivity contribution in [2.24, 2.45) is 0 Å². The summed E-state index contributed by atoms with van der Waals surface area (Å²) in [5.74, 6) is -1.62. The second kappa shape index (κ2) is 7.54. The number of nitrogens with one attached hydrogen (secondary N) is 1. The fourth-order valence-corrected chi connectivity index (χ4v) is 3.18. The van der Waals surface area contributed by atoms with E-state index in [1.165, 1.54) is 12.1 Å². The Hall–Kier alpha value is -2.92. The van der Waals surface area contributed by atoms with E-state index >= 15 is 0 Å². The number of Topliss-reactive ketones (excluding diaryl/α,β-unsaturated/α-hetero) is 2. The van der Waals surface area contributed by atoms with Crippen molar-refractivity contribution in [3.8, 4) is 5.75 Å². The number of hydrogen-bond donors (Lipinski definition) is 3. The molecule has 1 atom stereocenters. The van der Waals surface area contributed by atoms with Crippen LogP contribution < -0.4 is 5.32 Å². The Morgan fingerprint density at radius 1 is 0.923 bits per heavy atom. The molecule has 0 aliphatic heterocycles. The Balaban J connectivity index is 2.15. The molecule has 2 aromatic carbocycles. The molecular formula is C21H21NO4. The van der Waals surface area contributed by atoms with Crippen LogP contribution in [0.2, 0.25) is 0 Å². The number of aliphatic hydroxyl groups is 1. The van der Waals surface area contributed by atoms with Gasteiger partial charge in [-0.2, -0.15) is 0 Å². The maximum absolute atomic E-state index is 12.8. The summed E-state index contributed by atoms with van der Waals surface area (Å²) in [7, 11) is 0. The molecule has 1 unspecified atom stereocenters. The van der Waals surface area contributed by atoms with Gasteiger partial charge < -0.3 is 15.5 Å². The Labute approximate surface area is 152 Å². The number of hydrogen-bond acceptors (Lipinski definition) is 5. The molecular weight excluding hydrogens is 330 g/mol. The lowest BCUT2D eigenvalue weighted by Gasteiger charge is -2.26. The van der Waals surface area contributed by atoms with Crippen LogP contribution >= 0.6 is 0 Å². The fourth-order valence-electron chi connectivity index (χ4n) is 3.18. The summed E-state index contributed by atoms with van der Waals surface area (Å²) in [6.45, 7) is 2.62. The number of benzene rings is 2. The number of phenols is 1. The summed E-state index contributed by atoms with van der Waals surface area (Å²) in [5.41, 5.74) is 0.963. The van der Waals surface area contributed by atoms with Crippen LogP contribution in [-0.2, 0) is 4.79 Å². The van der Waals surface area contributed by atoms with Gasteiger partial charge in [0.1, 0.15) is 11.5 Å². The highest BCUT2D eigenvalue weighted by molar-refractivity contribution is 6.52. The first-order chi connectivity index (χ1) is 12.6. The predicted octanol–water partition coefficient (Wildman–Crippen LogP) is 3.56. The van der Waals surface area contributed by atoms with Crippen LogP contribution in [0.25, 0.3) is 5.76 Å². The number of para-hydroxylation sites is 1. The Morgan fingerprint density at radius 2 is 1.58 bits per heavy atom. The van der Waals surface area contributed by atoms with Crippen molar-refractivity contribution < 1.29 is 19.8 Å². The quantitative estimate of drug-likeness (QED) is 0.547. The first-order valence-electron chi connectivity index (χ1n) is 8.69. The van der Waals surface area contributed by atoms with E-state index in [9.17, 15) is 19.8 Å². The first kappa shape index (κ1) is 17.9. The molecule has 0 spiro atoms. The van der Waals surface area contributed by atoms with Crippen molar-refractivity contribution in [2.75, 3.05) is 6.54 Å². The number of phenolic OH excluding ortho intramolecular Hbond substituents is 1. The normalized spacial score (nSPS) is 15.1. The minimum Gasteiger partial charge on any atom is -0.508 e. The lowest BCUT2D eigenvalue weighted by Crippen LogP contribution is -2.34. The van der Waals surface area contributed by atoms with Crippen LogP contribution in [-0.4, -0.2) is 28.3 Å². The summed E-state index contributed by atoms with van der Waals surface area (Å²) >= 11 is 0. The van der Waals surface area contributed by atoms with Gasteiger partial charge in [-0.3, -0.25) is 9.59 Å². The number of aromatic hydroxyl groups is 1. The van der Waals surface area contributed by atoms with Crippen LogP contribution in [0.15, 0.2) is 54.1 Å². The molecule has 3 rings (SSSR count). The summed E-state index contributed by atoms with van der Waals surface area (Å²) in [4.78, 5) is 25.3. The molecule has 0 heterocycles. The topological polar surface area (TPSA) is 86.6 Å². The average molecular weight is 351 g/mol. The zero-order valence-electron chi connectivity index (χ0n) is 14.5. The van der Waals surface area contributed by atoms with E-state index in [0.717, 1.165) is 12.8 Å². The second-order valence-electron chi connectivity index (χ2n) is 6.27. The van der Waals surface area contributed by atoms with E-state index in [-0.39, 0.29) is 22.6 Å². The molecule has 2 aromatic rings. The Morgan fingerprint density at radius 3 is 2.27 bits per heavy atom. The average Bonchev–Trinajstić information content (AvgIpc) is 2.66. The summed E-state index contributed by atoms with van der Waals surface area (Å²) in [6.07, 6.45) is 1.80. The van der Waals surface area contributed by atoms with Gasteiger partial charge in [0.05, 0.1) is 11.6 Å². The molecule has 0 fully saturated rings. The van der Waals surface area contributed by atoms with E-state index in [4.69, 9.17) is 0 Å². The maximum atomic E-state index is 12.8. The molecule has 0 radical (unpaired) electrons. The number of carbonyl (C=O) groups excluding carboxylic acids is 2.